The fourth-order valence-corrected chi connectivity index (χ4v) is 5.27. The van der Waals surface area contributed by atoms with Gasteiger partial charge in [-0.25, -0.2) is 22.4 Å². The van der Waals surface area contributed by atoms with Gasteiger partial charge in [-0.2, -0.15) is 5.10 Å². The van der Waals surface area contributed by atoms with E-state index in [1.807, 2.05) is 54.7 Å². The summed E-state index contributed by atoms with van der Waals surface area (Å²) in [5.74, 6) is 0.451. The molecular formula is C22H25N5O3S. The molecule has 8 nitrogen and oxygen atoms in total. The van der Waals surface area contributed by atoms with Crippen molar-refractivity contribution in [2.24, 2.45) is 5.92 Å². The molecule has 1 aliphatic rings. The number of carbonyl (C=O) groups excluding carboxylic acids is 1. The quantitative estimate of drug-likeness (QED) is 0.608. The number of benzene rings is 1. The summed E-state index contributed by atoms with van der Waals surface area (Å²) in [5.41, 5.74) is 1.70. The second-order valence-corrected chi connectivity index (χ2v) is 9.57. The van der Waals surface area contributed by atoms with Crippen molar-refractivity contribution < 1.29 is 13.2 Å². The second-order valence-electron chi connectivity index (χ2n) is 7.61. The average molecular weight is 440 g/mol. The monoisotopic (exact) mass is 439 g/mol. The topological polar surface area (TPSA) is 97.2 Å². The third-order valence-electron chi connectivity index (χ3n) is 5.43. The molecule has 0 aliphatic carbocycles. The SMILES string of the molecule is O=C(NCc1ccnc(-n2cccn2)c1)C1CCN(S(=O)(=O)Cc2ccccc2)CC1. The van der Waals surface area contributed by atoms with Crippen LogP contribution in [-0.2, 0) is 27.1 Å². The van der Waals surface area contributed by atoms with Crippen LogP contribution in [-0.4, -0.2) is 46.5 Å². The van der Waals surface area contributed by atoms with E-state index in [4.69, 9.17) is 0 Å². The number of hydrogen-bond acceptors (Lipinski definition) is 5. The number of carbonyl (C=O) groups is 1. The van der Waals surface area contributed by atoms with Crippen molar-refractivity contribution in [2.75, 3.05) is 13.1 Å². The first kappa shape index (κ1) is 21.2. The molecule has 1 amide bonds. The van der Waals surface area contributed by atoms with Crippen molar-refractivity contribution in [1.82, 2.24) is 24.4 Å². The van der Waals surface area contributed by atoms with Gasteiger partial charge in [0.2, 0.25) is 15.9 Å². The van der Waals surface area contributed by atoms with E-state index in [0.29, 0.717) is 38.3 Å². The standard InChI is InChI=1S/C22H25N5O3S/c28-22(24-16-19-7-11-23-21(15-19)27-12-4-10-25-27)20-8-13-26(14-9-20)31(29,30)17-18-5-2-1-3-6-18/h1-7,10-12,15,20H,8-9,13-14,16-17H2,(H,24,28). The molecule has 0 bridgehead atoms. The Kier molecular flexibility index (Phi) is 6.43. The number of aromatic nitrogens is 3. The minimum absolute atomic E-state index is 0.00860. The van der Waals surface area contributed by atoms with Gasteiger partial charge in [0.15, 0.2) is 5.82 Å². The molecule has 0 radical (unpaired) electrons. The maximum absolute atomic E-state index is 12.7. The van der Waals surface area contributed by atoms with Gasteiger partial charge in [0.1, 0.15) is 0 Å². The van der Waals surface area contributed by atoms with E-state index >= 15 is 0 Å². The molecule has 3 heterocycles. The zero-order valence-corrected chi connectivity index (χ0v) is 17.9. The highest BCUT2D eigenvalue weighted by molar-refractivity contribution is 7.88. The number of pyridine rings is 1. The van der Waals surface area contributed by atoms with Gasteiger partial charge in [-0.15, -0.1) is 0 Å². The number of sulfonamides is 1. The predicted molar refractivity (Wildman–Crippen MR) is 117 cm³/mol. The molecule has 1 aliphatic heterocycles. The molecule has 0 saturated carbocycles. The van der Waals surface area contributed by atoms with E-state index in [2.05, 4.69) is 15.4 Å². The van der Waals surface area contributed by atoms with Crippen molar-refractivity contribution in [3.8, 4) is 5.82 Å². The first-order chi connectivity index (χ1) is 15.0. The zero-order valence-electron chi connectivity index (χ0n) is 17.1. The molecule has 0 spiro atoms. The molecular weight excluding hydrogens is 414 g/mol. The number of nitrogens with one attached hydrogen (secondary N) is 1. The summed E-state index contributed by atoms with van der Waals surface area (Å²) in [6.07, 6.45) is 6.23. The van der Waals surface area contributed by atoms with Crippen LogP contribution in [0.5, 0.6) is 0 Å². The van der Waals surface area contributed by atoms with E-state index in [9.17, 15) is 13.2 Å². The highest BCUT2D eigenvalue weighted by Crippen LogP contribution is 2.22. The Morgan fingerprint density at radius 2 is 1.81 bits per heavy atom. The number of nitrogens with zero attached hydrogens (tertiary/aromatic N) is 4. The maximum atomic E-state index is 12.7. The Hall–Kier alpha value is -3.04. The van der Waals surface area contributed by atoms with Crippen LogP contribution in [0.1, 0.15) is 24.0 Å². The lowest BCUT2D eigenvalue weighted by Gasteiger charge is -2.30. The molecule has 1 aromatic carbocycles. The average Bonchev–Trinajstić information content (AvgIpc) is 3.33. The van der Waals surface area contributed by atoms with E-state index in [0.717, 1.165) is 11.1 Å². The summed E-state index contributed by atoms with van der Waals surface area (Å²) in [7, 11) is -3.38. The molecule has 2 aromatic heterocycles. The summed E-state index contributed by atoms with van der Waals surface area (Å²) in [4.78, 5) is 16.9. The van der Waals surface area contributed by atoms with Gasteiger partial charge in [-0.05, 0) is 42.2 Å². The number of amides is 1. The summed E-state index contributed by atoms with van der Waals surface area (Å²) in [6.45, 7) is 1.13. The van der Waals surface area contributed by atoms with Crippen LogP contribution in [0, 0.1) is 5.92 Å². The van der Waals surface area contributed by atoms with Crippen LogP contribution >= 0.6 is 0 Å². The molecule has 1 N–H and O–H groups in total. The molecule has 162 valence electrons. The lowest BCUT2D eigenvalue weighted by molar-refractivity contribution is -0.126. The van der Waals surface area contributed by atoms with Gasteiger partial charge in [0.05, 0.1) is 5.75 Å². The predicted octanol–water partition coefficient (Wildman–Crippen LogP) is 2.13. The summed E-state index contributed by atoms with van der Waals surface area (Å²) in [5, 5.41) is 7.13. The summed E-state index contributed by atoms with van der Waals surface area (Å²) in [6, 6.07) is 14.7. The highest BCUT2D eigenvalue weighted by atomic mass is 32.2. The fraction of sp³-hybridized carbons (Fsp3) is 0.318. The molecule has 1 saturated heterocycles. The normalized spacial score (nSPS) is 15.6. The molecule has 0 atom stereocenters. The summed E-state index contributed by atoms with van der Waals surface area (Å²) < 4.78 is 28.5. The molecule has 0 unspecified atom stereocenters. The van der Waals surface area contributed by atoms with E-state index in [-0.39, 0.29) is 17.6 Å². The second kappa shape index (κ2) is 9.40. The molecule has 3 aromatic rings. The minimum atomic E-state index is -3.38. The number of hydrogen-bond donors (Lipinski definition) is 1. The Labute approximate surface area is 182 Å². The Morgan fingerprint density at radius 1 is 1.03 bits per heavy atom. The minimum Gasteiger partial charge on any atom is -0.352 e. The first-order valence-corrected chi connectivity index (χ1v) is 11.9. The summed E-state index contributed by atoms with van der Waals surface area (Å²) >= 11 is 0. The van der Waals surface area contributed by atoms with Crippen molar-refractivity contribution in [2.45, 2.75) is 25.1 Å². The van der Waals surface area contributed by atoms with Crippen LogP contribution in [0.25, 0.3) is 5.82 Å². The highest BCUT2D eigenvalue weighted by Gasteiger charge is 2.31. The van der Waals surface area contributed by atoms with Crippen molar-refractivity contribution in [3.05, 3.63) is 78.2 Å². The van der Waals surface area contributed by atoms with Crippen LogP contribution in [0.4, 0.5) is 0 Å². The maximum Gasteiger partial charge on any atom is 0.223 e. The Balaban J connectivity index is 1.28. The zero-order chi connectivity index (χ0) is 21.7. The van der Waals surface area contributed by atoms with Gasteiger partial charge in [0, 0.05) is 44.1 Å². The molecule has 9 heteroatoms. The van der Waals surface area contributed by atoms with Gasteiger partial charge in [-0.1, -0.05) is 30.3 Å². The van der Waals surface area contributed by atoms with Crippen molar-refractivity contribution in [1.29, 1.82) is 0 Å². The van der Waals surface area contributed by atoms with E-state index in [1.54, 1.807) is 17.1 Å². The van der Waals surface area contributed by atoms with Gasteiger partial charge in [0.25, 0.3) is 0 Å². The molecule has 4 rings (SSSR count). The third kappa shape index (κ3) is 5.36. The van der Waals surface area contributed by atoms with Gasteiger partial charge < -0.3 is 5.32 Å². The number of piperidine rings is 1. The lowest BCUT2D eigenvalue weighted by Crippen LogP contribution is -2.43. The van der Waals surface area contributed by atoms with Crippen molar-refractivity contribution in [3.63, 3.8) is 0 Å². The number of rotatable bonds is 7. The van der Waals surface area contributed by atoms with Crippen LogP contribution in [0.2, 0.25) is 0 Å². The smallest absolute Gasteiger partial charge is 0.223 e. The lowest BCUT2D eigenvalue weighted by atomic mass is 9.97. The van der Waals surface area contributed by atoms with Gasteiger partial charge >= 0.3 is 0 Å². The van der Waals surface area contributed by atoms with Crippen LogP contribution in [0.15, 0.2) is 67.1 Å². The Morgan fingerprint density at radius 3 is 2.52 bits per heavy atom. The molecule has 1 fully saturated rings. The molecule has 31 heavy (non-hydrogen) atoms. The first-order valence-electron chi connectivity index (χ1n) is 10.3. The van der Waals surface area contributed by atoms with E-state index < -0.39 is 10.0 Å². The van der Waals surface area contributed by atoms with Crippen LogP contribution in [0.3, 0.4) is 0 Å². The third-order valence-corrected chi connectivity index (χ3v) is 7.28. The Bertz CT molecular complexity index is 1110. The van der Waals surface area contributed by atoms with Crippen molar-refractivity contribution >= 4 is 15.9 Å². The van der Waals surface area contributed by atoms with Crippen LogP contribution < -0.4 is 5.32 Å². The van der Waals surface area contributed by atoms with E-state index in [1.165, 1.54) is 4.31 Å². The van der Waals surface area contributed by atoms with Gasteiger partial charge in [-0.3, -0.25) is 4.79 Å². The largest absolute Gasteiger partial charge is 0.352 e. The fourth-order valence-electron chi connectivity index (χ4n) is 3.71.